The molecule has 0 saturated carbocycles. The third-order valence-corrected chi connectivity index (χ3v) is 3.90. The molecule has 1 rings (SSSR count). The van der Waals surface area contributed by atoms with Crippen LogP contribution >= 0.6 is 0 Å². The molecule has 1 atom stereocenters. The van der Waals surface area contributed by atoms with Gasteiger partial charge in [0.1, 0.15) is 10.7 Å². The number of nitrogens with one attached hydrogen (secondary N) is 1. The number of aliphatic carboxylic acids is 1. The molecule has 0 radical (unpaired) electrons. The minimum atomic E-state index is -4.31. The van der Waals surface area contributed by atoms with Crippen LogP contribution in [-0.2, 0) is 14.8 Å². The standard InChI is InChI=1S/C10H11FN2O7S/c11-7-5-6(13(17)18)1-2-9(7)21(19,20)12-4-3-8(14)10(15)16/h1-2,5,8,12,14H,3-4H2,(H,15,16). The maximum atomic E-state index is 13.6. The van der Waals surface area contributed by atoms with Crippen molar-refractivity contribution in [2.45, 2.75) is 17.4 Å². The smallest absolute Gasteiger partial charge is 0.332 e. The van der Waals surface area contributed by atoms with Gasteiger partial charge in [-0.05, 0) is 12.5 Å². The van der Waals surface area contributed by atoms with Gasteiger partial charge < -0.3 is 10.2 Å². The number of aliphatic hydroxyl groups excluding tert-OH is 1. The first-order valence-corrected chi connectivity index (χ1v) is 6.98. The van der Waals surface area contributed by atoms with E-state index >= 15 is 0 Å². The highest BCUT2D eigenvalue weighted by Gasteiger charge is 2.22. The molecule has 1 aromatic rings. The number of nitrogens with zero attached hydrogens (tertiary/aromatic N) is 1. The van der Waals surface area contributed by atoms with Crippen LogP contribution in [0.1, 0.15) is 6.42 Å². The summed E-state index contributed by atoms with van der Waals surface area (Å²) < 4.78 is 38.9. The number of hydrogen-bond donors (Lipinski definition) is 3. The molecule has 21 heavy (non-hydrogen) atoms. The summed E-state index contributed by atoms with van der Waals surface area (Å²) in [4.78, 5) is 19.1. The number of non-ortho nitro benzene ring substituents is 1. The van der Waals surface area contributed by atoms with E-state index in [1.807, 2.05) is 4.72 Å². The zero-order valence-corrected chi connectivity index (χ0v) is 11.2. The number of benzene rings is 1. The number of hydrogen-bond acceptors (Lipinski definition) is 6. The largest absolute Gasteiger partial charge is 0.479 e. The van der Waals surface area contributed by atoms with Crippen molar-refractivity contribution in [1.29, 1.82) is 0 Å². The van der Waals surface area contributed by atoms with Crippen LogP contribution < -0.4 is 4.72 Å². The lowest BCUT2D eigenvalue weighted by atomic mass is 10.3. The normalized spacial score (nSPS) is 12.9. The van der Waals surface area contributed by atoms with E-state index < -0.39 is 56.4 Å². The highest BCUT2D eigenvalue weighted by Crippen LogP contribution is 2.20. The Labute approximate surface area is 118 Å². The summed E-state index contributed by atoms with van der Waals surface area (Å²) in [5, 5.41) is 27.8. The third kappa shape index (κ3) is 4.44. The molecule has 0 amide bonds. The van der Waals surface area contributed by atoms with Gasteiger partial charge in [0.2, 0.25) is 10.0 Å². The fourth-order valence-electron chi connectivity index (χ4n) is 1.35. The summed E-state index contributed by atoms with van der Waals surface area (Å²) in [6, 6.07) is 2.01. The van der Waals surface area contributed by atoms with Crippen molar-refractivity contribution < 1.29 is 32.7 Å². The van der Waals surface area contributed by atoms with Crippen molar-refractivity contribution in [3.05, 3.63) is 34.1 Å². The predicted octanol–water partition coefficient (Wildman–Crippen LogP) is -0.152. The number of aliphatic hydroxyl groups is 1. The molecule has 9 nitrogen and oxygen atoms in total. The molecule has 0 fully saturated rings. The molecule has 11 heteroatoms. The molecule has 1 unspecified atom stereocenters. The van der Waals surface area contributed by atoms with Gasteiger partial charge in [-0.25, -0.2) is 22.3 Å². The number of carboxylic acids is 1. The van der Waals surface area contributed by atoms with Crippen molar-refractivity contribution >= 4 is 21.7 Å². The van der Waals surface area contributed by atoms with E-state index in [9.17, 15) is 27.7 Å². The van der Waals surface area contributed by atoms with Crippen LogP contribution in [0.25, 0.3) is 0 Å². The lowest BCUT2D eigenvalue weighted by Crippen LogP contribution is -2.30. The summed E-state index contributed by atoms with van der Waals surface area (Å²) in [7, 11) is -4.31. The topological polar surface area (TPSA) is 147 Å². The van der Waals surface area contributed by atoms with Crippen LogP contribution in [0.15, 0.2) is 23.1 Å². The maximum Gasteiger partial charge on any atom is 0.332 e. The molecule has 0 aliphatic carbocycles. The van der Waals surface area contributed by atoms with Gasteiger partial charge in [0, 0.05) is 12.6 Å². The van der Waals surface area contributed by atoms with E-state index in [1.54, 1.807) is 0 Å². The van der Waals surface area contributed by atoms with Crippen LogP contribution in [0, 0.1) is 15.9 Å². The first-order chi connectivity index (χ1) is 9.65. The molecular formula is C10H11FN2O7S. The summed E-state index contributed by atoms with van der Waals surface area (Å²) in [5.41, 5.74) is -0.604. The Bertz CT molecular complexity index is 661. The lowest BCUT2D eigenvalue weighted by Gasteiger charge is -2.09. The van der Waals surface area contributed by atoms with Crippen molar-refractivity contribution in [2.75, 3.05) is 6.54 Å². The van der Waals surface area contributed by atoms with E-state index in [2.05, 4.69) is 0 Å². The Morgan fingerprint density at radius 3 is 2.57 bits per heavy atom. The van der Waals surface area contributed by atoms with E-state index in [0.29, 0.717) is 6.07 Å². The zero-order chi connectivity index (χ0) is 16.2. The Morgan fingerprint density at radius 2 is 2.10 bits per heavy atom. The maximum absolute atomic E-state index is 13.6. The van der Waals surface area contributed by atoms with Gasteiger partial charge in [-0.2, -0.15) is 0 Å². The van der Waals surface area contributed by atoms with E-state index in [1.165, 1.54) is 0 Å². The van der Waals surface area contributed by atoms with Crippen LogP contribution in [0.5, 0.6) is 0 Å². The van der Waals surface area contributed by atoms with Crippen molar-refractivity contribution in [2.24, 2.45) is 0 Å². The fraction of sp³-hybridized carbons (Fsp3) is 0.300. The van der Waals surface area contributed by atoms with Gasteiger partial charge in [-0.15, -0.1) is 0 Å². The van der Waals surface area contributed by atoms with E-state index in [-0.39, 0.29) is 0 Å². The lowest BCUT2D eigenvalue weighted by molar-refractivity contribution is -0.385. The van der Waals surface area contributed by atoms with E-state index in [0.717, 1.165) is 12.1 Å². The van der Waals surface area contributed by atoms with Crippen LogP contribution in [0.2, 0.25) is 0 Å². The first-order valence-electron chi connectivity index (χ1n) is 5.49. The van der Waals surface area contributed by atoms with Gasteiger partial charge in [0.15, 0.2) is 6.10 Å². The fourth-order valence-corrected chi connectivity index (χ4v) is 2.46. The van der Waals surface area contributed by atoms with Gasteiger partial charge in [-0.3, -0.25) is 10.1 Å². The van der Waals surface area contributed by atoms with Gasteiger partial charge in [0.25, 0.3) is 5.69 Å². The zero-order valence-electron chi connectivity index (χ0n) is 10.4. The molecule has 116 valence electrons. The summed E-state index contributed by atoms with van der Waals surface area (Å²) in [6.07, 6.45) is -2.17. The van der Waals surface area contributed by atoms with Gasteiger partial charge in [0.05, 0.1) is 11.0 Å². The minimum Gasteiger partial charge on any atom is -0.479 e. The van der Waals surface area contributed by atoms with Crippen LogP contribution in [0.3, 0.4) is 0 Å². The minimum absolute atomic E-state index is 0.414. The number of sulfonamides is 1. The summed E-state index contributed by atoms with van der Waals surface area (Å²) in [6.45, 7) is -0.438. The average Bonchev–Trinajstić information content (AvgIpc) is 2.37. The molecule has 0 spiro atoms. The summed E-state index contributed by atoms with van der Waals surface area (Å²) >= 11 is 0. The van der Waals surface area contributed by atoms with Crippen LogP contribution in [0.4, 0.5) is 10.1 Å². The predicted molar refractivity (Wildman–Crippen MR) is 66.5 cm³/mol. The first kappa shape index (κ1) is 16.9. The highest BCUT2D eigenvalue weighted by atomic mass is 32.2. The third-order valence-electron chi connectivity index (χ3n) is 2.41. The molecular weight excluding hydrogens is 311 g/mol. The van der Waals surface area contributed by atoms with Crippen molar-refractivity contribution in [3.63, 3.8) is 0 Å². The quantitative estimate of drug-likeness (QED) is 0.467. The number of nitro groups is 1. The average molecular weight is 322 g/mol. The SMILES string of the molecule is O=C(O)C(O)CCNS(=O)(=O)c1ccc([N+](=O)[O-])cc1F. The monoisotopic (exact) mass is 322 g/mol. The molecule has 0 aliphatic rings. The molecule has 0 heterocycles. The van der Waals surface area contributed by atoms with Crippen molar-refractivity contribution in [3.8, 4) is 0 Å². The number of nitro benzene ring substituents is 1. The van der Waals surface area contributed by atoms with Gasteiger partial charge in [-0.1, -0.05) is 0 Å². The molecule has 3 N–H and O–H groups in total. The Balaban J connectivity index is 2.84. The number of carboxylic acid groups (broad SMARTS) is 1. The number of halogens is 1. The number of carbonyl (C=O) groups is 1. The second kappa shape index (κ2) is 6.56. The van der Waals surface area contributed by atoms with E-state index in [4.69, 9.17) is 10.2 Å². The second-order valence-electron chi connectivity index (χ2n) is 3.91. The number of rotatable bonds is 7. The molecule has 0 aliphatic heterocycles. The Hall–Kier alpha value is -2.11. The molecule has 0 saturated heterocycles. The molecule has 0 aromatic heterocycles. The van der Waals surface area contributed by atoms with Crippen molar-refractivity contribution in [1.82, 2.24) is 4.72 Å². The Kier molecular flexibility index (Phi) is 5.29. The Morgan fingerprint density at radius 1 is 1.48 bits per heavy atom. The molecule has 1 aromatic carbocycles. The highest BCUT2D eigenvalue weighted by molar-refractivity contribution is 7.89. The summed E-state index contributed by atoms with van der Waals surface area (Å²) in [5.74, 6) is -2.83. The second-order valence-corrected chi connectivity index (χ2v) is 5.65. The van der Waals surface area contributed by atoms with Gasteiger partial charge >= 0.3 is 5.97 Å². The van der Waals surface area contributed by atoms with Crippen LogP contribution in [-0.4, -0.2) is 42.2 Å². The molecule has 0 bridgehead atoms.